The Balaban J connectivity index is 1.75. The van der Waals surface area contributed by atoms with E-state index in [1.807, 2.05) is 53.2 Å². The first kappa shape index (κ1) is 11.9. The molecular weight excluding hydrogens is 256 g/mol. The van der Waals surface area contributed by atoms with Crippen molar-refractivity contribution in [2.24, 2.45) is 0 Å². The molecule has 1 N–H and O–H groups in total. The van der Waals surface area contributed by atoms with Crippen LogP contribution in [0.5, 0.6) is 0 Å². The number of fused-ring (bicyclic) bond motifs is 1. The quantitative estimate of drug-likeness (QED) is 0.790. The van der Waals surface area contributed by atoms with E-state index < -0.39 is 0 Å². The van der Waals surface area contributed by atoms with E-state index in [2.05, 4.69) is 10.3 Å². The maximum Gasteiger partial charge on any atom is 0.229 e. The minimum absolute atomic E-state index is 0.0406. The lowest BCUT2D eigenvalue weighted by Crippen LogP contribution is -2.14. The van der Waals surface area contributed by atoms with E-state index in [4.69, 9.17) is 0 Å². The molecule has 2 aromatic heterocycles. The van der Waals surface area contributed by atoms with Crippen LogP contribution in [0.25, 0.3) is 10.9 Å². The van der Waals surface area contributed by atoms with E-state index in [-0.39, 0.29) is 5.91 Å². The summed E-state index contributed by atoms with van der Waals surface area (Å²) in [4.78, 5) is 16.3. The minimum Gasteiger partial charge on any atom is -0.310 e. The van der Waals surface area contributed by atoms with Gasteiger partial charge in [0.15, 0.2) is 0 Å². The van der Waals surface area contributed by atoms with Gasteiger partial charge in [-0.3, -0.25) is 4.79 Å². The lowest BCUT2D eigenvalue weighted by Gasteiger charge is -2.05. The summed E-state index contributed by atoms with van der Waals surface area (Å²) in [5, 5.41) is 7.84. The predicted molar refractivity (Wildman–Crippen MR) is 78.4 cm³/mol. The molecule has 0 saturated carbocycles. The van der Waals surface area contributed by atoms with Crippen molar-refractivity contribution >= 4 is 34.0 Å². The Hall–Kier alpha value is -2.20. The normalized spacial score (nSPS) is 10.5. The van der Waals surface area contributed by atoms with Gasteiger partial charge in [0, 0.05) is 5.39 Å². The van der Waals surface area contributed by atoms with Crippen LogP contribution in [0.3, 0.4) is 0 Å². The fraction of sp³-hybridized carbons (Fsp3) is 0.0667. The highest BCUT2D eigenvalue weighted by Gasteiger charge is 2.05. The second-order valence-corrected chi connectivity index (χ2v) is 5.03. The highest BCUT2D eigenvalue weighted by Crippen LogP contribution is 2.15. The van der Waals surface area contributed by atoms with Crippen molar-refractivity contribution in [3.05, 3.63) is 58.8 Å². The number of nitrogens with one attached hydrogen (secondary N) is 1. The van der Waals surface area contributed by atoms with Crippen LogP contribution in [-0.4, -0.2) is 10.9 Å². The van der Waals surface area contributed by atoms with Crippen LogP contribution in [0.15, 0.2) is 53.2 Å². The molecule has 1 aromatic carbocycles. The molecule has 0 unspecified atom stereocenters. The van der Waals surface area contributed by atoms with Crippen molar-refractivity contribution in [3.8, 4) is 0 Å². The van der Waals surface area contributed by atoms with Crippen LogP contribution >= 0.6 is 11.3 Å². The predicted octanol–water partition coefficient (Wildman–Crippen LogP) is 3.48. The number of aromatic nitrogens is 1. The van der Waals surface area contributed by atoms with E-state index in [1.165, 1.54) is 0 Å². The largest absolute Gasteiger partial charge is 0.310 e. The molecule has 0 bridgehead atoms. The molecule has 0 aliphatic heterocycles. The standard InChI is InChI=1S/C15H12N2OS/c18-15(9-11-7-8-19-10-11)17-14-6-5-12-3-1-2-4-13(12)16-14/h1-8,10H,9H2,(H,16,17,18). The molecule has 1 amide bonds. The molecule has 3 aromatic rings. The van der Waals surface area contributed by atoms with E-state index in [0.29, 0.717) is 12.2 Å². The van der Waals surface area contributed by atoms with Crippen molar-refractivity contribution in [2.75, 3.05) is 5.32 Å². The van der Waals surface area contributed by atoms with Gasteiger partial charge in [-0.25, -0.2) is 4.98 Å². The van der Waals surface area contributed by atoms with Crippen molar-refractivity contribution in [1.82, 2.24) is 4.98 Å². The number of thiophene rings is 1. The summed E-state index contributed by atoms with van der Waals surface area (Å²) in [6, 6.07) is 13.6. The molecule has 0 radical (unpaired) electrons. The molecule has 3 rings (SSSR count). The van der Waals surface area contributed by atoms with Crippen LogP contribution in [0, 0.1) is 0 Å². The number of para-hydroxylation sites is 1. The summed E-state index contributed by atoms with van der Waals surface area (Å²) in [5.41, 5.74) is 1.92. The minimum atomic E-state index is -0.0406. The molecule has 0 saturated heterocycles. The number of carbonyl (C=O) groups excluding carboxylic acids is 1. The van der Waals surface area contributed by atoms with E-state index >= 15 is 0 Å². The zero-order valence-corrected chi connectivity index (χ0v) is 11.0. The number of hydrogen-bond donors (Lipinski definition) is 1. The van der Waals surface area contributed by atoms with Gasteiger partial charge in [-0.15, -0.1) is 0 Å². The smallest absolute Gasteiger partial charge is 0.229 e. The van der Waals surface area contributed by atoms with Gasteiger partial charge in [0.1, 0.15) is 5.82 Å². The number of rotatable bonds is 3. The second-order valence-electron chi connectivity index (χ2n) is 4.25. The molecular formula is C15H12N2OS. The van der Waals surface area contributed by atoms with Crippen LogP contribution < -0.4 is 5.32 Å². The average Bonchev–Trinajstić information content (AvgIpc) is 2.91. The molecule has 0 atom stereocenters. The third-order valence-corrected chi connectivity index (χ3v) is 3.54. The summed E-state index contributed by atoms with van der Waals surface area (Å²) >= 11 is 1.59. The van der Waals surface area contributed by atoms with Gasteiger partial charge < -0.3 is 5.32 Å². The Bertz CT molecular complexity index is 707. The highest BCUT2D eigenvalue weighted by molar-refractivity contribution is 7.08. The monoisotopic (exact) mass is 268 g/mol. The Morgan fingerprint density at radius 3 is 2.89 bits per heavy atom. The number of pyridine rings is 1. The second kappa shape index (κ2) is 5.20. The number of anilines is 1. The number of amides is 1. The third kappa shape index (κ3) is 2.80. The SMILES string of the molecule is O=C(Cc1ccsc1)Nc1ccc2ccccc2n1. The fourth-order valence-corrected chi connectivity index (χ4v) is 2.57. The van der Waals surface area contributed by atoms with E-state index in [1.54, 1.807) is 11.3 Å². The summed E-state index contributed by atoms with van der Waals surface area (Å²) in [6.07, 6.45) is 0.387. The van der Waals surface area contributed by atoms with E-state index in [0.717, 1.165) is 16.5 Å². The van der Waals surface area contributed by atoms with Crippen molar-refractivity contribution in [1.29, 1.82) is 0 Å². The van der Waals surface area contributed by atoms with Gasteiger partial charge in [0.2, 0.25) is 5.91 Å². The third-order valence-electron chi connectivity index (χ3n) is 2.81. The van der Waals surface area contributed by atoms with Crippen molar-refractivity contribution in [2.45, 2.75) is 6.42 Å². The zero-order valence-electron chi connectivity index (χ0n) is 10.2. The van der Waals surface area contributed by atoms with Gasteiger partial charge in [-0.05, 0) is 40.6 Å². The van der Waals surface area contributed by atoms with Crippen molar-refractivity contribution < 1.29 is 4.79 Å². The first-order chi connectivity index (χ1) is 9.31. The van der Waals surface area contributed by atoms with Gasteiger partial charge in [0.05, 0.1) is 11.9 Å². The van der Waals surface area contributed by atoms with Gasteiger partial charge in [0.25, 0.3) is 0 Å². The topological polar surface area (TPSA) is 42.0 Å². The Morgan fingerprint density at radius 2 is 2.05 bits per heavy atom. The molecule has 0 aliphatic rings. The van der Waals surface area contributed by atoms with Crippen LogP contribution in [0.2, 0.25) is 0 Å². The Morgan fingerprint density at radius 1 is 1.16 bits per heavy atom. The molecule has 0 aliphatic carbocycles. The maximum atomic E-state index is 11.9. The zero-order chi connectivity index (χ0) is 13.1. The highest BCUT2D eigenvalue weighted by atomic mass is 32.1. The van der Waals surface area contributed by atoms with Crippen LogP contribution in [-0.2, 0) is 11.2 Å². The molecule has 2 heterocycles. The van der Waals surface area contributed by atoms with Crippen LogP contribution in [0.1, 0.15) is 5.56 Å². The summed E-state index contributed by atoms with van der Waals surface area (Å²) in [6.45, 7) is 0. The number of nitrogens with zero attached hydrogens (tertiary/aromatic N) is 1. The Kier molecular flexibility index (Phi) is 3.25. The van der Waals surface area contributed by atoms with Gasteiger partial charge in [-0.2, -0.15) is 11.3 Å². The van der Waals surface area contributed by atoms with Gasteiger partial charge >= 0.3 is 0 Å². The van der Waals surface area contributed by atoms with Crippen LogP contribution in [0.4, 0.5) is 5.82 Å². The van der Waals surface area contributed by atoms with Crippen molar-refractivity contribution in [3.63, 3.8) is 0 Å². The molecule has 0 fully saturated rings. The number of benzene rings is 1. The summed E-state index contributed by atoms with van der Waals surface area (Å²) in [5.74, 6) is 0.556. The molecule has 0 spiro atoms. The Labute approximate surface area is 114 Å². The summed E-state index contributed by atoms with van der Waals surface area (Å²) in [7, 11) is 0. The van der Waals surface area contributed by atoms with E-state index in [9.17, 15) is 4.79 Å². The lowest BCUT2D eigenvalue weighted by molar-refractivity contribution is -0.115. The molecule has 4 heteroatoms. The fourth-order valence-electron chi connectivity index (χ4n) is 1.90. The first-order valence-electron chi connectivity index (χ1n) is 5.98. The van der Waals surface area contributed by atoms with Gasteiger partial charge in [-0.1, -0.05) is 18.2 Å². The number of carbonyl (C=O) groups is 1. The maximum absolute atomic E-state index is 11.9. The molecule has 94 valence electrons. The molecule has 19 heavy (non-hydrogen) atoms. The lowest BCUT2D eigenvalue weighted by atomic mass is 10.2. The number of hydrogen-bond acceptors (Lipinski definition) is 3. The summed E-state index contributed by atoms with van der Waals surface area (Å²) < 4.78 is 0. The first-order valence-corrected chi connectivity index (χ1v) is 6.92. The molecule has 3 nitrogen and oxygen atoms in total. The average molecular weight is 268 g/mol.